The quantitative estimate of drug-likeness (QED) is 0.699. The van der Waals surface area contributed by atoms with E-state index in [4.69, 9.17) is 11.6 Å². The number of carbonyl (C=O) groups is 1. The second-order valence-electron chi connectivity index (χ2n) is 1.70. The van der Waals surface area contributed by atoms with E-state index < -0.39 is 0 Å². The van der Waals surface area contributed by atoms with Gasteiger partial charge in [0.15, 0.2) is 6.29 Å². The normalized spacial score (nSPS) is 9.40. The van der Waals surface area contributed by atoms with Gasteiger partial charge < -0.3 is 5.32 Å². The first-order valence-electron chi connectivity index (χ1n) is 2.70. The first-order valence-corrected chi connectivity index (χ1v) is 3.89. The third-order valence-corrected chi connectivity index (χ3v) is 2.38. The maximum absolute atomic E-state index is 10.3. The fraction of sp³-hybridized carbons (Fsp3) is 0.167. The zero-order valence-electron chi connectivity index (χ0n) is 5.35. The van der Waals surface area contributed by atoms with E-state index in [1.807, 2.05) is 0 Å². The molecule has 1 aromatic heterocycles. The van der Waals surface area contributed by atoms with Gasteiger partial charge >= 0.3 is 0 Å². The largest absolute Gasteiger partial charge is 0.379 e. The summed E-state index contributed by atoms with van der Waals surface area (Å²) in [6, 6.07) is 1.64. The number of aldehydes is 1. The summed E-state index contributed by atoms with van der Waals surface area (Å²) in [7, 11) is 1.76. The molecule has 1 N–H and O–H groups in total. The van der Waals surface area contributed by atoms with Crippen molar-refractivity contribution < 1.29 is 4.79 Å². The predicted molar refractivity (Wildman–Crippen MR) is 44.3 cm³/mol. The standard InChI is InChI=1S/C6H6ClNOS/c1-8-6-4(3-9)2-5(7)10-6/h2-3,8H,1H3. The summed E-state index contributed by atoms with van der Waals surface area (Å²) in [5.41, 5.74) is 0.623. The van der Waals surface area contributed by atoms with Crippen LogP contribution in [-0.4, -0.2) is 13.3 Å². The maximum Gasteiger partial charge on any atom is 0.153 e. The van der Waals surface area contributed by atoms with Crippen LogP contribution in [0, 0.1) is 0 Å². The fourth-order valence-corrected chi connectivity index (χ4v) is 1.71. The van der Waals surface area contributed by atoms with Crippen LogP contribution in [0.2, 0.25) is 4.34 Å². The average Bonchev–Trinajstić information content (AvgIpc) is 2.30. The van der Waals surface area contributed by atoms with Crippen molar-refractivity contribution in [3.63, 3.8) is 0 Å². The minimum atomic E-state index is 0.623. The average molecular weight is 176 g/mol. The summed E-state index contributed by atoms with van der Waals surface area (Å²) in [6.07, 6.45) is 0.786. The third kappa shape index (κ3) is 1.30. The van der Waals surface area contributed by atoms with Crippen LogP contribution in [0.3, 0.4) is 0 Å². The Morgan fingerprint density at radius 2 is 2.50 bits per heavy atom. The molecule has 0 spiro atoms. The second-order valence-corrected chi connectivity index (χ2v) is 3.39. The van der Waals surface area contributed by atoms with Crippen molar-refractivity contribution in [2.24, 2.45) is 0 Å². The second kappa shape index (κ2) is 3.03. The Bertz CT molecular complexity index is 246. The number of anilines is 1. The Labute approximate surface area is 67.8 Å². The van der Waals surface area contributed by atoms with Gasteiger partial charge in [0, 0.05) is 7.05 Å². The van der Waals surface area contributed by atoms with Crippen LogP contribution >= 0.6 is 22.9 Å². The van der Waals surface area contributed by atoms with E-state index in [2.05, 4.69) is 5.32 Å². The van der Waals surface area contributed by atoms with Crippen LogP contribution in [0.1, 0.15) is 10.4 Å². The molecule has 10 heavy (non-hydrogen) atoms. The molecule has 0 fully saturated rings. The predicted octanol–water partition coefficient (Wildman–Crippen LogP) is 2.26. The summed E-state index contributed by atoms with van der Waals surface area (Å²) in [5, 5.41) is 3.69. The molecule has 1 aromatic rings. The zero-order chi connectivity index (χ0) is 7.56. The molecular formula is C6H6ClNOS. The topological polar surface area (TPSA) is 29.1 Å². The molecule has 0 unspecified atom stereocenters. The number of carbonyl (C=O) groups excluding carboxylic acids is 1. The maximum atomic E-state index is 10.3. The van der Waals surface area contributed by atoms with E-state index in [0.717, 1.165) is 11.3 Å². The van der Waals surface area contributed by atoms with Gasteiger partial charge in [0.05, 0.1) is 9.90 Å². The highest BCUT2D eigenvalue weighted by atomic mass is 35.5. The van der Waals surface area contributed by atoms with Gasteiger partial charge in [-0.1, -0.05) is 11.6 Å². The molecule has 0 bridgehead atoms. The summed E-state index contributed by atoms with van der Waals surface area (Å²) < 4.78 is 0.631. The van der Waals surface area contributed by atoms with Crippen molar-refractivity contribution in [1.29, 1.82) is 0 Å². The molecule has 0 aliphatic carbocycles. The van der Waals surface area contributed by atoms with Gasteiger partial charge in [0.1, 0.15) is 5.00 Å². The highest BCUT2D eigenvalue weighted by molar-refractivity contribution is 7.20. The summed E-state index contributed by atoms with van der Waals surface area (Å²) in [6.45, 7) is 0. The molecule has 4 heteroatoms. The Hall–Kier alpha value is -0.540. The van der Waals surface area contributed by atoms with Crippen molar-refractivity contribution in [1.82, 2.24) is 0 Å². The van der Waals surface area contributed by atoms with Crippen LogP contribution in [0.5, 0.6) is 0 Å². The molecule has 0 saturated heterocycles. The van der Waals surface area contributed by atoms with Crippen molar-refractivity contribution in [3.8, 4) is 0 Å². The van der Waals surface area contributed by atoms with Crippen molar-refractivity contribution >= 4 is 34.2 Å². The zero-order valence-corrected chi connectivity index (χ0v) is 6.92. The molecular weight excluding hydrogens is 170 g/mol. The Balaban J connectivity index is 3.08. The van der Waals surface area contributed by atoms with Crippen LogP contribution in [-0.2, 0) is 0 Å². The van der Waals surface area contributed by atoms with E-state index in [1.165, 1.54) is 11.3 Å². The lowest BCUT2D eigenvalue weighted by Crippen LogP contribution is -1.87. The monoisotopic (exact) mass is 175 g/mol. The van der Waals surface area contributed by atoms with Gasteiger partial charge in [0.2, 0.25) is 0 Å². The number of rotatable bonds is 2. The molecule has 54 valence electrons. The van der Waals surface area contributed by atoms with E-state index in [0.29, 0.717) is 9.90 Å². The van der Waals surface area contributed by atoms with Gasteiger partial charge in [-0.2, -0.15) is 0 Å². The smallest absolute Gasteiger partial charge is 0.153 e. The minimum absolute atomic E-state index is 0.623. The van der Waals surface area contributed by atoms with Crippen molar-refractivity contribution in [2.75, 3.05) is 12.4 Å². The lowest BCUT2D eigenvalue weighted by atomic mass is 10.3. The van der Waals surface area contributed by atoms with Gasteiger partial charge in [0.25, 0.3) is 0 Å². The van der Waals surface area contributed by atoms with Gasteiger partial charge in [-0.3, -0.25) is 4.79 Å². The lowest BCUT2D eigenvalue weighted by Gasteiger charge is -1.91. The first kappa shape index (κ1) is 7.57. The van der Waals surface area contributed by atoms with Gasteiger partial charge in [-0.05, 0) is 6.07 Å². The fourth-order valence-electron chi connectivity index (χ4n) is 0.657. The van der Waals surface area contributed by atoms with E-state index in [9.17, 15) is 4.79 Å². The van der Waals surface area contributed by atoms with Gasteiger partial charge in [-0.25, -0.2) is 0 Å². The number of thiophene rings is 1. The Morgan fingerprint density at radius 3 is 2.90 bits per heavy atom. The molecule has 0 aliphatic heterocycles. The van der Waals surface area contributed by atoms with Crippen LogP contribution in [0.15, 0.2) is 6.07 Å². The molecule has 0 aromatic carbocycles. The van der Waals surface area contributed by atoms with E-state index in [-0.39, 0.29) is 0 Å². The van der Waals surface area contributed by atoms with E-state index >= 15 is 0 Å². The summed E-state index contributed by atoms with van der Waals surface area (Å²) in [4.78, 5) is 10.3. The minimum Gasteiger partial charge on any atom is -0.379 e. The third-order valence-electron chi connectivity index (χ3n) is 1.08. The first-order chi connectivity index (χ1) is 4.77. The number of halogens is 1. The SMILES string of the molecule is CNc1sc(Cl)cc1C=O. The number of hydrogen-bond acceptors (Lipinski definition) is 3. The molecule has 1 heterocycles. The molecule has 0 amide bonds. The molecule has 0 atom stereocenters. The number of hydrogen-bond donors (Lipinski definition) is 1. The summed E-state index contributed by atoms with van der Waals surface area (Å²) >= 11 is 7.00. The molecule has 0 radical (unpaired) electrons. The molecule has 0 aliphatic rings. The highest BCUT2D eigenvalue weighted by Gasteiger charge is 2.03. The molecule has 0 saturated carbocycles. The van der Waals surface area contributed by atoms with Gasteiger partial charge in [-0.15, -0.1) is 11.3 Å². The van der Waals surface area contributed by atoms with Crippen LogP contribution in [0.25, 0.3) is 0 Å². The van der Waals surface area contributed by atoms with Crippen LogP contribution in [0.4, 0.5) is 5.00 Å². The highest BCUT2D eigenvalue weighted by Crippen LogP contribution is 2.29. The lowest BCUT2D eigenvalue weighted by molar-refractivity contribution is 0.112. The molecule has 1 rings (SSSR count). The van der Waals surface area contributed by atoms with E-state index in [1.54, 1.807) is 13.1 Å². The number of nitrogens with one attached hydrogen (secondary N) is 1. The van der Waals surface area contributed by atoms with Crippen LogP contribution < -0.4 is 5.32 Å². The Morgan fingerprint density at radius 1 is 1.80 bits per heavy atom. The Kier molecular flexibility index (Phi) is 2.29. The summed E-state index contributed by atoms with van der Waals surface area (Å²) in [5.74, 6) is 0. The molecule has 2 nitrogen and oxygen atoms in total. The van der Waals surface area contributed by atoms with Crippen molar-refractivity contribution in [3.05, 3.63) is 16.0 Å². The van der Waals surface area contributed by atoms with Crippen molar-refractivity contribution in [2.45, 2.75) is 0 Å².